The normalized spacial score (nSPS) is 21.6. The summed E-state index contributed by atoms with van der Waals surface area (Å²) >= 11 is 0. The molecule has 0 radical (unpaired) electrons. The molecule has 2 atom stereocenters. The summed E-state index contributed by atoms with van der Waals surface area (Å²) in [6, 6.07) is 16.5. The van der Waals surface area contributed by atoms with Gasteiger partial charge in [0.25, 0.3) is 5.69 Å². The third kappa shape index (κ3) is 1.98. The Morgan fingerprint density at radius 1 is 0.944 bits per heavy atom. The van der Waals surface area contributed by atoms with E-state index in [4.69, 9.17) is 4.74 Å². The Morgan fingerprint density at radius 2 is 1.61 bits per heavy atom. The highest BCUT2D eigenvalue weighted by Crippen LogP contribution is 2.51. The fourth-order valence-electron chi connectivity index (χ4n) is 2.08. The molecule has 0 N–H and O–H groups in total. The monoisotopic (exact) mass is 241 g/mol. The highest BCUT2D eigenvalue weighted by molar-refractivity contribution is 5.38. The van der Waals surface area contributed by atoms with E-state index in [0.29, 0.717) is 0 Å². The Morgan fingerprint density at radius 3 is 2.33 bits per heavy atom. The predicted octanol–water partition coefficient (Wildman–Crippen LogP) is 3.41. The summed E-state index contributed by atoms with van der Waals surface area (Å²) < 4.78 is 5.60. The maximum Gasteiger partial charge on any atom is 0.269 e. The number of rotatable bonds is 3. The molecule has 4 heteroatoms. The van der Waals surface area contributed by atoms with Crippen LogP contribution in [0.2, 0.25) is 0 Å². The van der Waals surface area contributed by atoms with Crippen LogP contribution in [0.5, 0.6) is 0 Å². The lowest BCUT2D eigenvalue weighted by Gasteiger charge is -1.97. The second-order valence-corrected chi connectivity index (χ2v) is 4.24. The van der Waals surface area contributed by atoms with E-state index in [-0.39, 0.29) is 22.8 Å². The van der Waals surface area contributed by atoms with Crippen molar-refractivity contribution < 1.29 is 9.66 Å². The summed E-state index contributed by atoms with van der Waals surface area (Å²) in [5.41, 5.74) is 2.07. The van der Waals surface area contributed by atoms with Gasteiger partial charge in [0.1, 0.15) is 12.2 Å². The fourth-order valence-corrected chi connectivity index (χ4v) is 2.08. The van der Waals surface area contributed by atoms with Gasteiger partial charge in [-0.1, -0.05) is 42.5 Å². The first-order valence-corrected chi connectivity index (χ1v) is 5.70. The fraction of sp³-hybridized carbons (Fsp3) is 0.143. The zero-order valence-electron chi connectivity index (χ0n) is 9.52. The number of hydrogen-bond acceptors (Lipinski definition) is 3. The van der Waals surface area contributed by atoms with Gasteiger partial charge in [0.05, 0.1) is 4.92 Å². The van der Waals surface area contributed by atoms with Gasteiger partial charge in [0.2, 0.25) is 0 Å². The molecule has 0 aromatic heterocycles. The SMILES string of the molecule is O=[N+]([O-])c1cccc(C2OC2c2ccccc2)c1. The molecule has 4 nitrogen and oxygen atoms in total. The second-order valence-electron chi connectivity index (χ2n) is 4.24. The maximum atomic E-state index is 10.7. The first kappa shape index (κ1) is 10.9. The highest BCUT2D eigenvalue weighted by Gasteiger charge is 2.41. The van der Waals surface area contributed by atoms with Crippen molar-refractivity contribution in [3.63, 3.8) is 0 Å². The van der Waals surface area contributed by atoms with Gasteiger partial charge in [-0.3, -0.25) is 10.1 Å². The molecule has 0 bridgehead atoms. The zero-order chi connectivity index (χ0) is 12.5. The molecule has 1 heterocycles. The third-order valence-electron chi connectivity index (χ3n) is 3.03. The van der Waals surface area contributed by atoms with Gasteiger partial charge in [-0.05, 0) is 11.1 Å². The minimum atomic E-state index is -0.386. The Labute approximate surface area is 104 Å². The van der Waals surface area contributed by atoms with Gasteiger partial charge < -0.3 is 4.74 Å². The van der Waals surface area contributed by atoms with Crippen molar-refractivity contribution >= 4 is 5.69 Å². The highest BCUT2D eigenvalue weighted by atomic mass is 16.6. The quantitative estimate of drug-likeness (QED) is 0.470. The molecule has 0 spiro atoms. The molecule has 90 valence electrons. The number of ether oxygens (including phenoxy) is 1. The van der Waals surface area contributed by atoms with Crippen LogP contribution in [0.25, 0.3) is 0 Å². The standard InChI is InChI=1S/C14H11NO3/c16-15(17)12-8-4-7-11(9-12)14-13(18-14)10-5-2-1-3-6-10/h1-9,13-14H. The number of nitrogens with zero attached hydrogens (tertiary/aromatic N) is 1. The Kier molecular flexibility index (Phi) is 2.57. The predicted molar refractivity (Wildman–Crippen MR) is 66.1 cm³/mol. The van der Waals surface area contributed by atoms with Crippen LogP contribution < -0.4 is 0 Å². The van der Waals surface area contributed by atoms with Crippen LogP contribution in [-0.2, 0) is 4.74 Å². The van der Waals surface area contributed by atoms with Crippen molar-refractivity contribution in [1.82, 2.24) is 0 Å². The van der Waals surface area contributed by atoms with Gasteiger partial charge >= 0.3 is 0 Å². The van der Waals surface area contributed by atoms with Gasteiger partial charge in [0, 0.05) is 12.1 Å². The third-order valence-corrected chi connectivity index (χ3v) is 3.03. The van der Waals surface area contributed by atoms with Crippen LogP contribution in [0, 0.1) is 10.1 Å². The number of non-ortho nitro benzene ring substituents is 1. The van der Waals surface area contributed by atoms with Crippen molar-refractivity contribution in [2.75, 3.05) is 0 Å². The number of nitro groups is 1. The molecule has 1 fully saturated rings. The lowest BCUT2D eigenvalue weighted by Crippen LogP contribution is -1.90. The largest absolute Gasteiger partial charge is 0.359 e. The van der Waals surface area contributed by atoms with Crippen molar-refractivity contribution in [1.29, 1.82) is 0 Å². The van der Waals surface area contributed by atoms with E-state index in [9.17, 15) is 10.1 Å². The summed E-state index contributed by atoms with van der Waals surface area (Å²) in [7, 11) is 0. The van der Waals surface area contributed by atoms with Crippen molar-refractivity contribution in [2.45, 2.75) is 12.2 Å². The molecule has 2 aromatic carbocycles. The summed E-state index contributed by atoms with van der Waals surface area (Å²) in [6.07, 6.45) is -0.0412. The lowest BCUT2D eigenvalue weighted by atomic mass is 10.0. The number of epoxide rings is 1. The first-order chi connectivity index (χ1) is 8.75. The molecule has 18 heavy (non-hydrogen) atoms. The summed E-state index contributed by atoms with van der Waals surface area (Å²) in [4.78, 5) is 10.3. The molecular formula is C14H11NO3. The molecule has 2 aromatic rings. The smallest absolute Gasteiger partial charge is 0.269 e. The van der Waals surface area contributed by atoms with E-state index < -0.39 is 0 Å². The van der Waals surface area contributed by atoms with E-state index in [2.05, 4.69) is 0 Å². The van der Waals surface area contributed by atoms with Gasteiger partial charge in [-0.25, -0.2) is 0 Å². The van der Waals surface area contributed by atoms with Crippen LogP contribution in [0.4, 0.5) is 5.69 Å². The molecule has 2 unspecified atom stereocenters. The molecule has 1 saturated heterocycles. The Hall–Kier alpha value is -2.20. The lowest BCUT2D eigenvalue weighted by molar-refractivity contribution is -0.384. The topological polar surface area (TPSA) is 55.7 Å². The number of hydrogen-bond donors (Lipinski definition) is 0. The Bertz CT molecular complexity index is 583. The molecule has 1 aliphatic rings. The molecule has 0 saturated carbocycles. The number of nitro benzene ring substituents is 1. The minimum Gasteiger partial charge on any atom is -0.359 e. The van der Waals surface area contributed by atoms with E-state index in [1.54, 1.807) is 12.1 Å². The van der Waals surface area contributed by atoms with Crippen LogP contribution in [0.1, 0.15) is 23.3 Å². The first-order valence-electron chi connectivity index (χ1n) is 5.70. The van der Waals surface area contributed by atoms with Crippen molar-refractivity contribution in [2.24, 2.45) is 0 Å². The summed E-state index contributed by atoms with van der Waals surface area (Å²) in [6.45, 7) is 0. The van der Waals surface area contributed by atoms with Crippen LogP contribution in [0.15, 0.2) is 54.6 Å². The molecule has 3 rings (SSSR count). The summed E-state index contributed by atoms with van der Waals surface area (Å²) in [5, 5.41) is 10.7. The van der Waals surface area contributed by atoms with Crippen LogP contribution in [-0.4, -0.2) is 4.92 Å². The average molecular weight is 241 g/mol. The van der Waals surface area contributed by atoms with Crippen molar-refractivity contribution in [3.05, 3.63) is 75.8 Å². The van der Waals surface area contributed by atoms with Gasteiger partial charge in [-0.15, -0.1) is 0 Å². The maximum absolute atomic E-state index is 10.7. The van der Waals surface area contributed by atoms with E-state index in [1.165, 1.54) is 6.07 Å². The van der Waals surface area contributed by atoms with E-state index in [0.717, 1.165) is 11.1 Å². The average Bonchev–Trinajstić information content (AvgIpc) is 3.20. The Balaban J connectivity index is 1.82. The summed E-state index contributed by atoms with van der Waals surface area (Å²) in [5.74, 6) is 0. The van der Waals surface area contributed by atoms with E-state index in [1.807, 2.05) is 36.4 Å². The van der Waals surface area contributed by atoms with Crippen LogP contribution in [0.3, 0.4) is 0 Å². The number of benzene rings is 2. The molecule has 1 aliphatic heterocycles. The zero-order valence-corrected chi connectivity index (χ0v) is 9.52. The second kappa shape index (κ2) is 4.23. The minimum absolute atomic E-state index is 0.0215. The van der Waals surface area contributed by atoms with Gasteiger partial charge in [-0.2, -0.15) is 0 Å². The van der Waals surface area contributed by atoms with Crippen LogP contribution >= 0.6 is 0 Å². The van der Waals surface area contributed by atoms with Gasteiger partial charge in [0.15, 0.2) is 0 Å². The molecule has 0 aliphatic carbocycles. The van der Waals surface area contributed by atoms with E-state index >= 15 is 0 Å². The van der Waals surface area contributed by atoms with Crippen molar-refractivity contribution in [3.8, 4) is 0 Å². The molecule has 0 amide bonds. The molecular weight excluding hydrogens is 230 g/mol.